The second-order valence-corrected chi connectivity index (χ2v) is 14.1. The molecule has 0 spiro atoms. The Hall–Kier alpha value is -1.98. The van der Waals surface area contributed by atoms with E-state index in [0.717, 1.165) is 22.2 Å². The van der Waals surface area contributed by atoms with E-state index in [1.54, 1.807) is 12.4 Å². The Morgan fingerprint density at radius 1 is 0.926 bits per heavy atom. The van der Waals surface area contributed by atoms with E-state index < -0.39 is 14.3 Å². The Bertz CT molecular complexity index is 881. The molecule has 0 saturated carbocycles. The summed E-state index contributed by atoms with van der Waals surface area (Å²) in [7, 11) is -1.97. The van der Waals surface area contributed by atoms with Gasteiger partial charge in [0.05, 0.1) is 0 Å². The molecule has 1 unspecified atom stereocenters. The van der Waals surface area contributed by atoms with Gasteiger partial charge < -0.3 is 9.34 Å². The van der Waals surface area contributed by atoms with Crippen molar-refractivity contribution in [3.8, 4) is 0 Å². The molecule has 0 saturated heterocycles. The van der Waals surface area contributed by atoms with Crippen LogP contribution < -0.4 is 0 Å². The summed E-state index contributed by atoms with van der Waals surface area (Å²) < 4.78 is 2.47. The second-order valence-electron chi connectivity index (χ2n) is 8.37. The zero-order valence-electron chi connectivity index (χ0n) is 17.2. The van der Waals surface area contributed by atoms with Gasteiger partial charge in [-0.25, -0.2) is 4.98 Å². The molecule has 1 atom stereocenters. The Labute approximate surface area is 163 Å². The van der Waals surface area contributed by atoms with E-state index >= 15 is 0 Å². The molecule has 0 aliphatic carbocycles. The smallest absolute Gasteiger partial charge is 0.171 e. The summed E-state index contributed by atoms with van der Waals surface area (Å²) >= 11 is 0. The molecular weight excluding hydrogens is 350 g/mol. The number of nitrogens with zero attached hydrogens (tertiary/aromatic N) is 3. The van der Waals surface area contributed by atoms with Crippen molar-refractivity contribution in [1.29, 1.82) is 0 Å². The van der Waals surface area contributed by atoms with Crippen molar-refractivity contribution >= 4 is 19.3 Å². The van der Waals surface area contributed by atoms with Crippen molar-refractivity contribution in [1.82, 2.24) is 14.2 Å². The van der Waals surface area contributed by atoms with Gasteiger partial charge in [-0.05, 0) is 34.8 Å². The van der Waals surface area contributed by atoms with Crippen molar-refractivity contribution in [2.45, 2.75) is 64.3 Å². The Balaban J connectivity index is 2.29. The van der Waals surface area contributed by atoms with Gasteiger partial charge in [-0.2, -0.15) is 0 Å². The number of hydrogen-bond acceptors (Lipinski definition) is 3. The van der Waals surface area contributed by atoms with Crippen LogP contribution in [0.3, 0.4) is 0 Å². The molecule has 3 heterocycles. The van der Waals surface area contributed by atoms with Crippen molar-refractivity contribution in [3.63, 3.8) is 0 Å². The first-order valence-electron chi connectivity index (χ1n) is 9.86. The van der Waals surface area contributed by atoms with Gasteiger partial charge in [0, 0.05) is 41.3 Å². The summed E-state index contributed by atoms with van der Waals surface area (Å²) in [5.74, 6) is 0. The van der Waals surface area contributed by atoms with Gasteiger partial charge in [0.2, 0.25) is 0 Å². The lowest BCUT2D eigenvalue weighted by Crippen LogP contribution is -2.51. The molecule has 0 aliphatic heterocycles. The maximum Gasteiger partial charge on any atom is 0.171 e. The third-order valence-corrected chi connectivity index (χ3v) is 12.8. The molecule has 27 heavy (non-hydrogen) atoms. The number of aliphatic hydroxyl groups excluding tert-OH is 1. The SMILES string of the molecule is CC(C)[Si](C(C)C)(C(C)C)n1cc(C(O)c2cccnc2)c2cccnc21. The van der Waals surface area contributed by atoms with Crippen molar-refractivity contribution in [2.24, 2.45) is 0 Å². The van der Waals surface area contributed by atoms with Crippen molar-refractivity contribution in [2.75, 3.05) is 0 Å². The minimum absolute atomic E-state index is 0.554. The van der Waals surface area contributed by atoms with Crippen LogP contribution in [0.1, 0.15) is 58.8 Å². The molecule has 0 amide bonds. The number of fused-ring (bicyclic) bond motifs is 1. The zero-order valence-corrected chi connectivity index (χ0v) is 18.2. The largest absolute Gasteiger partial charge is 0.384 e. The van der Waals surface area contributed by atoms with Crippen LogP contribution in [0.4, 0.5) is 0 Å². The fraction of sp³-hybridized carbons (Fsp3) is 0.455. The molecule has 0 aromatic carbocycles. The molecule has 1 N–H and O–H groups in total. The molecule has 5 heteroatoms. The highest BCUT2D eigenvalue weighted by atomic mass is 28.3. The van der Waals surface area contributed by atoms with Crippen LogP contribution in [0, 0.1) is 0 Å². The van der Waals surface area contributed by atoms with E-state index in [1.165, 1.54) is 0 Å². The maximum atomic E-state index is 11.1. The minimum atomic E-state index is -1.97. The van der Waals surface area contributed by atoms with Gasteiger partial charge in [-0.1, -0.05) is 47.6 Å². The van der Waals surface area contributed by atoms with Crippen LogP contribution in [0.25, 0.3) is 11.0 Å². The topological polar surface area (TPSA) is 50.9 Å². The van der Waals surface area contributed by atoms with E-state index in [2.05, 4.69) is 63.0 Å². The van der Waals surface area contributed by atoms with E-state index in [9.17, 15) is 5.11 Å². The molecule has 4 nitrogen and oxygen atoms in total. The van der Waals surface area contributed by atoms with Crippen LogP contribution in [0.15, 0.2) is 49.1 Å². The summed E-state index contributed by atoms with van der Waals surface area (Å²) in [4.78, 5) is 8.94. The molecule has 0 bridgehead atoms. The molecule has 3 aromatic heterocycles. The van der Waals surface area contributed by atoms with E-state index in [0.29, 0.717) is 16.6 Å². The predicted octanol–water partition coefficient (Wildman–Crippen LogP) is 5.54. The Kier molecular flexibility index (Phi) is 5.54. The molecular formula is C22H31N3OSi. The summed E-state index contributed by atoms with van der Waals surface area (Å²) in [5.41, 5.74) is 4.39. The Morgan fingerprint density at radius 3 is 2.11 bits per heavy atom. The normalized spacial score (nSPS) is 13.9. The van der Waals surface area contributed by atoms with E-state index in [-0.39, 0.29) is 0 Å². The first-order chi connectivity index (χ1) is 12.8. The van der Waals surface area contributed by atoms with Crippen LogP contribution >= 0.6 is 0 Å². The van der Waals surface area contributed by atoms with E-state index in [1.807, 2.05) is 24.4 Å². The predicted molar refractivity (Wildman–Crippen MR) is 114 cm³/mol. The number of aromatic nitrogens is 3. The lowest BCUT2D eigenvalue weighted by molar-refractivity contribution is 0.221. The van der Waals surface area contributed by atoms with E-state index in [4.69, 9.17) is 4.98 Å². The van der Waals surface area contributed by atoms with Gasteiger partial charge in [-0.3, -0.25) is 4.98 Å². The summed E-state index contributed by atoms with van der Waals surface area (Å²) in [6.07, 6.45) is 6.81. The summed E-state index contributed by atoms with van der Waals surface area (Å²) in [6.45, 7) is 14.1. The van der Waals surface area contributed by atoms with Gasteiger partial charge in [0.1, 0.15) is 11.8 Å². The van der Waals surface area contributed by atoms with Gasteiger partial charge in [-0.15, -0.1) is 0 Å². The highest BCUT2D eigenvalue weighted by Gasteiger charge is 2.46. The van der Waals surface area contributed by atoms with Crippen LogP contribution in [-0.2, 0) is 0 Å². The van der Waals surface area contributed by atoms with Gasteiger partial charge in [0.15, 0.2) is 8.24 Å². The maximum absolute atomic E-state index is 11.1. The lowest BCUT2D eigenvalue weighted by atomic mass is 10.0. The minimum Gasteiger partial charge on any atom is -0.384 e. The number of rotatable bonds is 6. The standard InChI is InChI=1S/C22H31N3OSi/c1-15(2)27(16(3)4,17(5)6)25-14-20(19-10-8-12-24-22(19)25)21(26)18-9-7-11-23-13-18/h7-17,21,26H,1-6H3. The average Bonchev–Trinajstić information content (AvgIpc) is 3.01. The Morgan fingerprint density at radius 2 is 1.56 bits per heavy atom. The fourth-order valence-electron chi connectivity index (χ4n) is 5.15. The number of hydrogen-bond donors (Lipinski definition) is 1. The number of pyridine rings is 2. The summed E-state index contributed by atoms with van der Waals surface area (Å²) in [6, 6.07) is 7.82. The fourth-order valence-corrected chi connectivity index (χ4v) is 11.7. The molecule has 3 aromatic rings. The quantitative estimate of drug-likeness (QED) is 0.571. The first kappa shape index (κ1) is 19.8. The highest BCUT2D eigenvalue weighted by molar-refractivity contribution is 6.82. The molecule has 0 fully saturated rings. The molecule has 0 aliphatic rings. The zero-order chi connectivity index (χ0) is 19.8. The lowest BCUT2D eigenvalue weighted by Gasteiger charge is -2.44. The molecule has 3 rings (SSSR count). The van der Waals surface area contributed by atoms with Crippen molar-refractivity contribution in [3.05, 3.63) is 60.2 Å². The summed E-state index contributed by atoms with van der Waals surface area (Å²) in [5, 5.41) is 12.2. The van der Waals surface area contributed by atoms with Crippen LogP contribution in [-0.4, -0.2) is 27.5 Å². The van der Waals surface area contributed by atoms with Crippen LogP contribution in [0.2, 0.25) is 16.6 Å². The second kappa shape index (κ2) is 7.56. The molecule has 0 radical (unpaired) electrons. The van der Waals surface area contributed by atoms with Crippen molar-refractivity contribution < 1.29 is 5.11 Å². The number of aliphatic hydroxyl groups is 1. The molecule has 144 valence electrons. The van der Waals surface area contributed by atoms with Gasteiger partial charge >= 0.3 is 0 Å². The third kappa shape index (κ3) is 3.13. The van der Waals surface area contributed by atoms with Crippen LogP contribution in [0.5, 0.6) is 0 Å². The monoisotopic (exact) mass is 381 g/mol. The van der Waals surface area contributed by atoms with Gasteiger partial charge in [0.25, 0.3) is 0 Å². The third-order valence-electron chi connectivity index (χ3n) is 6.08. The average molecular weight is 382 g/mol. The first-order valence-corrected chi connectivity index (χ1v) is 12.0. The highest BCUT2D eigenvalue weighted by Crippen LogP contribution is 2.45.